The van der Waals surface area contributed by atoms with Crippen molar-refractivity contribution in [3.05, 3.63) is 48.0 Å². The summed E-state index contributed by atoms with van der Waals surface area (Å²) < 4.78 is 0. The van der Waals surface area contributed by atoms with E-state index in [0.29, 0.717) is 12.8 Å². The van der Waals surface area contributed by atoms with Gasteiger partial charge >= 0.3 is 0 Å². The number of guanidine groups is 2. The quantitative estimate of drug-likeness (QED) is 0.0927. The summed E-state index contributed by atoms with van der Waals surface area (Å²) in [5.41, 5.74) is 22.4. The van der Waals surface area contributed by atoms with Crippen molar-refractivity contribution in [2.45, 2.75) is 56.7 Å². The van der Waals surface area contributed by atoms with E-state index in [1.807, 2.05) is 42.5 Å². The number of benzene rings is 2. The van der Waals surface area contributed by atoms with Crippen molar-refractivity contribution in [1.29, 1.82) is 0 Å². The molecule has 12 N–H and O–H groups in total. The molecule has 1 heterocycles. The zero-order valence-corrected chi connectivity index (χ0v) is 23.5. The fourth-order valence-electron chi connectivity index (χ4n) is 4.59. The molecule has 3 atom stereocenters. The summed E-state index contributed by atoms with van der Waals surface area (Å²) in [5.74, 6) is -2.12. The lowest BCUT2D eigenvalue weighted by Gasteiger charge is -2.25. The summed E-state index contributed by atoms with van der Waals surface area (Å²) in [4.78, 5) is 60.6. The van der Waals surface area contributed by atoms with Crippen LogP contribution in [0.15, 0.2) is 52.4 Å². The highest BCUT2D eigenvalue weighted by Crippen LogP contribution is 2.17. The summed E-state index contributed by atoms with van der Waals surface area (Å²) in [5, 5.41) is 13.0. The average Bonchev–Trinajstić information content (AvgIpc) is 2.95. The number of nitrogens with one attached hydrogen (secondary N) is 4. The number of nitrogens with zero attached hydrogens (tertiary/aromatic N) is 2. The van der Waals surface area contributed by atoms with Crippen molar-refractivity contribution in [2.24, 2.45) is 32.9 Å². The van der Waals surface area contributed by atoms with Crippen LogP contribution in [0.2, 0.25) is 0 Å². The molecule has 0 unspecified atom stereocenters. The van der Waals surface area contributed by atoms with Crippen LogP contribution >= 0.6 is 0 Å². The first-order valence-corrected chi connectivity index (χ1v) is 13.9. The first-order chi connectivity index (χ1) is 20.1. The number of hydrogen-bond acceptors (Lipinski definition) is 6. The number of nitrogens with two attached hydrogens (primary N) is 4. The SMILES string of the molecule is NC(N)=NCCC[C@@H]1NC(=O)[C@@H](CCCN=C(N)N)NC(=O)CCNC(=O)[C@H](Cc2ccc3ccccc3c2)NC1=O. The molecular formula is C28H40N10O4. The van der Waals surface area contributed by atoms with Gasteiger partial charge in [-0.05, 0) is 42.0 Å². The Morgan fingerprint density at radius 3 is 1.90 bits per heavy atom. The minimum Gasteiger partial charge on any atom is -0.370 e. The molecule has 0 saturated carbocycles. The van der Waals surface area contributed by atoms with E-state index < -0.39 is 41.8 Å². The molecule has 1 saturated heterocycles. The third-order valence-electron chi connectivity index (χ3n) is 6.71. The van der Waals surface area contributed by atoms with Gasteiger partial charge in [0.05, 0.1) is 0 Å². The zero-order valence-electron chi connectivity index (χ0n) is 23.5. The molecule has 0 bridgehead atoms. The van der Waals surface area contributed by atoms with Crippen LogP contribution in [-0.4, -0.2) is 73.3 Å². The van der Waals surface area contributed by atoms with Gasteiger partial charge < -0.3 is 44.2 Å². The Morgan fingerprint density at radius 1 is 0.714 bits per heavy atom. The highest BCUT2D eigenvalue weighted by molar-refractivity contribution is 5.95. The van der Waals surface area contributed by atoms with Gasteiger partial charge in [0.2, 0.25) is 23.6 Å². The Labute approximate surface area is 244 Å². The lowest BCUT2D eigenvalue weighted by molar-refractivity contribution is -0.133. The molecule has 14 heteroatoms. The van der Waals surface area contributed by atoms with Crippen molar-refractivity contribution >= 4 is 46.3 Å². The second-order valence-corrected chi connectivity index (χ2v) is 10.1. The maximum atomic E-state index is 13.5. The molecular weight excluding hydrogens is 540 g/mol. The van der Waals surface area contributed by atoms with Crippen LogP contribution in [0.1, 0.15) is 37.7 Å². The zero-order chi connectivity index (χ0) is 30.5. The lowest BCUT2D eigenvalue weighted by atomic mass is 10.0. The normalized spacial score (nSPS) is 20.0. The highest BCUT2D eigenvalue weighted by atomic mass is 16.2. The predicted octanol–water partition coefficient (Wildman–Crippen LogP) is -1.54. The third-order valence-corrected chi connectivity index (χ3v) is 6.71. The monoisotopic (exact) mass is 580 g/mol. The lowest BCUT2D eigenvalue weighted by Crippen LogP contribution is -2.56. The van der Waals surface area contributed by atoms with E-state index in [-0.39, 0.29) is 57.2 Å². The first-order valence-electron chi connectivity index (χ1n) is 13.9. The van der Waals surface area contributed by atoms with E-state index >= 15 is 0 Å². The van der Waals surface area contributed by atoms with Crippen LogP contribution in [0.4, 0.5) is 0 Å². The largest absolute Gasteiger partial charge is 0.370 e. The molecule has 0 aromatic heterocycles. The number of aliphatic imine (C=N–C) groups is 2. The van der Waals surface area contributed by atoms with Gasteiger partial charge in [0.1, 0.15) is 18.1 Å². The van der Waals surface area contributed by atoms with E-state index in [1.54, 1.807) is 0 Å². The summed E-state index contributed by atoms with van der Waals surface area (Å²) in [7, 11) is 0. The van der Waals surface area contributed by atoms with Gasteiger partial charge in [-0.2, -0.15) is 0 Å². The van der Waals surface area contributed by atoms with Crippen molar-refractivity contribution in [1.82, 2.24) is 21.3 Å². The van der Waals surface area contributed by atoms with Crippen molar-refractivity contribution < 1.29 is 19.2 Å². The Morgan fingerprint density at radius 2 is 1.29 bits per heavy atom. The summed E-state index contributed by atoms with van der Waals surface area (Å²) in [6.07, 6.45) is 1.35. The second kappa shape index (κ2) is 15.8. The Bertz CT molecular complexity index is 1320. The number of fused-ring (bicyclic) bond motifs is 1. The number of rotatable bonds is 10. The van der Waals surface area contributed by atoms with Gasteiger partial charge in [0, 0.05) is 32.5 Å². The Hall–Kier alpha value is -4.88. The van der Waals surface area contributed by atoms with E-state index in [9.17, 15) is 19.2 Å². The van der Waals surface area contributed by atoms with Crippen LogP contribution in [0.3, 0.4) is 0 Å². The maximum absolute atomic E-state index is 13.5. The van der Waals surface area contributed by atoms with Crippen molar-refractivity contribution in [3.8, 4) is 0 Å². The molecule has 0 radical (unpaired) electrons. The van der Waals surface area contributed by atoms with Gasteiger partial charge in [0.15, 0.2) is 11.9 Å². The van der Waals surface area contributed by atoms with Crippen LogP contribution in [0, 0.1) is 0 Å². The number of hydrogen-bond donors (Lipinski definition) is 8. The highest BCUT2D eigenvalue weighted by Gasteiger charge is 2.30. The Balaban J connectivity index is 1.83. The van der Waals surface area contributed by atoms with E-state index in [1.165, 1.54) is 0 Å². The predicted molar refractivity (Wildman–Crippen MR) is 161 cm³/mol. The molecule has 0 spiro atoms. The number of amides is 4. The van der Waals surface area contributed by atoms with Crippen LogP contribution in [0.25, 0.3) is 10.8 Å². The van der Waals surface area contributed by atoms with Gasteiger partial charge in [-0.25, -0.2) is 0 Å². The molecule has 1 aliphatic heterocycles. The fraction of sp³-hybridized carbons (Fsp3) is 0.429. The van der Waals surface area contributed by atoms with E-state index in [2.05, 4.69) is 31.3 Å². The van der Waals surface area contributed by atoms with Crippen molar-refractivity contribution in [2.75, 3.05) is 19.6 Å². The molecule has 1 fully saturated rings. The van der Waals surface area contributed by atoms with E-state index in [0.717, 1.165) is 16.3 Å². The fourth-order valence-corrected chi connectivity index (χ4v) is 4.59. The molecule has 226 valence electrons. The molecule has 2 aromatic carbocycles. The minimum absolute atomic E-state index is 0.0268. The maximum Gasteiger partial charge on any atom is 0.243 e. The third kappa shape index (κ3) is 10.3. The van der Waals surface area contributed by atoms with Gasteiger partial charge in [0.25, 0.3) is 0 Å². The van der Waals surface area contributed by atoms with E-state index in [4.69, 9.17) is 22.9 Å². The summed E-state index contributed by atoms with van der Waals surface area (Å²) in [6, 6.07) is 10.7. The molecule has 4 amide bonds. The molecule has 0 aliphatic carbocycles. The smallest absolute Gasteiger partial charge is 0.243 e. The second-order valence-electron chi connectivity index (χ2n) is 10.1. The number of carbonyl (C=O) groups excluding carboxylic acids is 4. The van der Waals surface area contributed by atoms with Crippen LogP contribution in [0.5, 0.6) is 0 Å². The van der Waals surface area contributed by atoms with Crippen LogP contribution < -0.4 is 44.2 Å². The van der Waals surface area contributed by atoms with Crippen LogP contribution in [-0.2, 0) is 25.6 Å². The van der Waals surface area contributed by atoms with Gasteiger partial charge in [-0.15, -0.1) is 0 Å². The minimum atomic E-state index is -1.02. The Kier molecular flexibility index (Phi) is 11.9. The first kappa shape index (κ1) is 31.6. The average molecular weight is 581 g/mol. The molecule has 2 aromatic rings. The van der Waals surface area contributed by atoms with Gasteiger partial charge in [-0.3, -0.25) is 29.2 Å². The van der Waals surface area contributed by atoms with Gasteiger partial charge in [-0.1, -0.05) is 42.5 Å². The molecule has 14 nitrogen and oxygen atoms in total. The molecule has 1 aliphatic rings. The summed E-state index contributed by atoms with van der Waals surface area (Å²) in [6.45, 7) is 0.525. The van der Waals surface area contributed by atoms with Crippen molar-refractivity contribution in [3.63, 3.8) is 0 Å². The molecule has 3 rings (SSSR count). The standard InChI is InChI=1S/C28H40N10O4/c29-27(30)34-12-3-7-20-25(41)37-21(8-4-13-35-28(31)32)26(42)38-22(24(40)33-14-11-23(39)36-20)16-17-9-10-18-5-1-2-6-19(18)15-17/h1-2,5-6,9-10,15,20-22H,3-4,7-8,11-14,16H2,(H,33,40)(H,36,39)(H,37,41)(H,38,42)(H4,29,30,34)(H4,31,32,35)/t20-,21+,22+/m1/s1. The summed E-state index contributed by atoms with van der Waals surface area (Å²) >= 11 is 0. The number of carbonyl (C=O) groups is 4. The topological polar surface area (TPSA) is 245 Å². The molecule has 42 heavy (non-hydrogen) atoms.